The molecule has 0 aromatic heterocycles. The van der Waals surface area contributed by atoms with Gasteiger partial charge in [0.2, 0.25) is 5.91 Å². The molecule has 0 fully saturated rings. The van der Waals surface area contributed by atoms with E-state index in [9.17, 15) is 22.2 Å². The molecule has 2 N–H and O–H groups in total. The van der Waals surface area contributed by atoms with E-state index in [1.807, 2.05) is 0 Å². The zero-order chi connectivity index (χ0) is 15.2. The zero-order valence-electron chi connectivity index (χ0n) is 11.1. The molecule has 2 atom stereocenters. The first-order valence-corrected chi connectivity index (χ1v) is 8.83. The second-order valence-corrected chi connectivity index (χ2v) is 8.62. The Morgan fingerprint density at radius 3 is 2.21 bits per heavy atom. The van der Waals surface area contributed by atoms with E-state index in [0.29, 0.717) is 0 Å². The Morgan fingerprint density at radius 2 is 1.84 bits per heavy atom. The summed E-state index contributed by atoms with van der Waals surface area (Å²) in [7, 11) is -4.93. The summed E-state index contributed by atoms with van der Waals surface area (Å²) in [6.07, 6.45) is 0. The number of carbonyl (C=O) groups excluding carboxylic acids is 1. The molecule has 9 heteroatoms. The van der Waals surface area contributed by atoms with Crippen molar-refractivity contribution in [2.45, 2.75) is 32.1 Å². The van der Waals surface area contributed by atoms with Crippen molar-refractivity contribution in [3.8, 4) is 0 Å². The molecule has 19 heavy (non-hydrogen) atoms. The van der Waals surface area contributed by atoms with Gasteiger partial charge in [-0.15, -0.1) is 0 Å². The van der Waals surface area contributed by atoms with Crippen LogP contribution in [0.3, 0.4) is 0 Å². The summed E-state index contributed by atoms with van der Waals surface area (Å²) in [6.45, 7) is 4.20. The number of rotatable bonds is 8. The molecule has 0 aromatic carbocycles. The van der Waals surface area contributed by atoms with Crippen molar-refractivity contribution in [3.05, 3.63) is 0 Å². The third kappa shape index (κ3) is 7.26. The molecule has 0 radical (unpaired) electrons. The van der Waals surface area contributed by atoms with Crippen LogP contribution in [-0.2, 0) is 30.2 Å². The first-order chi connectivity index (χ1) is 8.56. The van der Waals surface area contributed by atoms with Gasteiger partial charge >= 0.3 is 5.97 Å². The average Bonchev–Trinajstić information content (AvgIpc) is 2.24. The number of amides is 1. The number of nitrogens with one attached hydrogen (secondary N) is 1. The topological polar surface area (TPSA) is 118 Å². The van der Waals surface area contributed by atoms with Crippen molar-refractivity contribution in [3.63, 3.8) is 0 Å². The van der Waals surface area contributed by atoms with Crippen molar-refractivity contribution >= 4 is 32.5 Å². The van der Waals surface area contributed by atoms with E-state index >= 15 is 0 Å². The molecule has 0 rings (SSSR count). The van der Waals surface area contributed by atoms with Gasteiger partial charge in [0.1, 0.15) is 6.04 Å². The summed E-state index contributed by atoms with van der Waals surface area (Å²) < 4.78 is 34.7. The molecule has 0 bridgehead atoms. The maximum Gasteiger partial charge on any atom is 0.327 e. The highest BCUT2D eigenvalue weighted by atomic mass is 32.2. The molecule has 1 unspecified atom stereocenters. The lowest BCUT2D eigenvalue weighted by molar-refractivity contribution is -0.140. The lowest BCUT2D eigenvalue weighted by atomic mass is 10.3. The SMILES string of the molecule is CC(=O)N[C@@H](CS(=O)CCS(=O)(=O)C(C)C)C(=O)O. The van der Waals surface area contributed by atoms with Crippen LogP contribution in [0.25, 0.3) is 0 Å². The van der Waals surface area contributed by atoms with Crippen LogP contribution in [0, 0.1) is 0 Å². The van der Waals surface area contributed by atoms with Gasteiger partial charge in [-0.2, -0.15) is 0 Å². The summed E-state index contributed by atoms with van der Waals surface area (Å²) in [6, 6.07) is -1.26. The molecule has 0 aliphatic rings. The first-order valence-electron chi connectivity index (χ1n) is 5.62. The molecule has 0 spiro atoms. The van der Waals surface area contributed by atoms with Gasteiger partial charge in [-0.1, -0.05) is 0 Å². The molecule has 0 aliphatic carbocycles. The molecule has 7 nitrogen and oxygen atoms in total. The number of carboxylic acids is 1. The fraction of sp³-hybridized carbons (Fsp3) is 0.800. The number of sulfone groups is 1. The van der Waals surface area contributed by atoms with Crippen molar-refractivity contribution < 1.29 is 27.3 Å². The predicted molar refractivity (Wildman–Crippen MR) is 72.0 cm³/mol. The zero-order valence-corrected chi connectivity index (χ0v) is 12.7. The molecule has 0 saturated heterocycles. The van der Waals surface area contributed by atoms with Crippen molar-refractivity contribution in [1.82, 2.24) is 5.32 Å². The second kappa shape index (κ2) is 7.59. The Kier molecular flexibility index (Phi) is 7.20. The van der Waals surface area contributed by atoms with Crippen LogP contribution in [0.15, 0.2) is 0 Å². The predicted octanol–water partition coefficient (Wildman–Crippen LogP) is -0.852. The van der Waals surface area contributed by atoms with E-state index in [-0.39, 0.29) is 17.3 Å². The van der Waals surface area contributed by atoms with Crippen LogP contribution in [0.2, 0.25) is 0 Å². The van der Waals surface area contributed by atoms with Crippen LogP contribution in [0.4, 0.5) is 0 Å². The fourth-order valence-electron chi connectivity index (χ4n) is 1.13. The van der Waals surface area contributed by atoms with Crippen LogP contribution >= 0.6 is 0 Å². The minimum absolute atomic E-state index is 0.135. The molecule has 0 saturated carbocycles. The van der Waals surface area contributed by atoms with E-state index in [1.54, 1.807) is 0 Å². The number of hydrogen-bond acceptors (Lipinski definition) is 5. The molecule has 0 aromatic rings. The Hall–Kier alpha value is -0.960. The van der Waals surface area contributed by atoms with Crippen molar-refractivity contribution in [1.29, 1.82) is 0 Å². The quantitative estimate of drug-likeness (QED) is 0.602. The monoisotopic (exact) mass is 313 g/mol. The van der Waals surface area contributed by atoms with Gasteiger partial charge < -0.3 is 10.4 Å². The number of carbonyl (C=O) groups is 2. The summed E-state index contributed by atoms with van der Waals surface area (Å²) >= 11 is 0. The van der Waals surface area contributed by atoms with Gasteiger partial charge in [0.05, 0.1) is 16.8 Å². The smallest absolute Gasteiger partial charge is 0.327 e. The van der Waals surface area contributed by atoms with Crippen molar-refractivity contribution in [2.75, 3.05) is 17.3 Å². The van der Waals surface area contributed by atoms with Crippen LogP contribution < -0.4 is 5.32 Å². The molecule has 0 heterocycles. The Balaban J connectivity index is 4.44. The highest BCUT2D eigenvalue weighted by Gasteiger charge is 2.23. The first kappa shape index (κ1) is 18.0. The Labute approximate surface area is 115 Å². The van der Waals surface area contributed by atoms with E-state index in [4.69, 9.17) is 5.11 Å². The van der Waals surface area contributed by atoms with Crippen LogP contribution in [0.1, 0.15) is 20.8 Å². The maximum absolute atomic E-state index is 11.6. The molecule has 0 aliphatic heterocycles. The summed E-state index contributed by atoms with van der Waals surface area (Å²) in [5, 5.41) is 10.4. The highest BCUT2D eigenvalue weighted by Crippen LogP contribution is 2.02. The maximum atomic E-state index is 11.6. The minimum Gasteiger partial charge on any atom is -0.480 e. The minimum atomic E-state index is -3.30. The third-order valence-corrected chi connectivity index (χ3v) is 6.17. The largest absolute Gasteiger partial charge is 0.480 e. The summed E-state index contributed by atoms with van der Waals surface area (Å²) in [4.78, 5) is 21.6. The Bertz CT molecular complexity index is 457. The second-order valence-electron chi connectivity index (χ2n) is 4.32. The van der Waals surface area contributed by atoms with Gasteiger partial charge in [0, 0.05) is 23.5 Å². The highest BCUT2D eigenvalue weighted by molar-refractivity contribution is 7.93. The lowest BCUT2D eigenvalue weighted by Gasteiger charge is -2.13. The summed E-state index contributed by atoms with van der Waals surface area (Å²) in [5.74, 6) is -2.54. The van der Waals surface area contributed by atoms with Crippen LogP contribution in [-0.4, -0.2) is 58.2 Å². The standard InChI is InChI=1S/C10H19NO6S2/c1-7(2)19(16,17)5-4-18(15)6-9(10(13)14)11-8(3)12/h7,9H,4-6H2,1-3H3,(H,11,12)(H,13,14)/t9-,18?/m0/s1. The van der Waals surface area contributed by atoms with Gasteiger partial charge in [0.25, 0.3) is 0 Å². The van der Waals surface area contributed by atoms with Crippen LogP contribution in [0.5, 0.6) is 0 Å². The van der Waals surface area contributed by atoms with E-state index in [2.05, 4.69) is 5.32 Å². The fourth-order valence-corrected chi connectivity index (χ4v) is 4.04. The van der Waals surface area contributed by atoms with Gasteiger partial charge in [-0.25, -0.2) is 13.2 Å². The lowest BCUT2D eigenvalue weighted by Crippen LogP contribution is -2.44. The number of aliphatic carboxylic acids is 1. The van der Waals surface area contributed by atoms with E-state index in [0.717, 1.165) is 6.92 Å². The summed E-state index contributed by atoms with van der Waals surface area (Å²) in [5.41, 5.74) is 0. The van der Waals surface area contributed by atoms with E-state index < -0.39 is 43.8 Å². The van der Waals surface area contributed by atoms with Crippen molar-refractivity contribution in [2.24, 2.45) is 0 Å². The normalized spacial score (nSPS) is 14.9. The third-order valence-electron chi connectivity index (χ3n) is 2.34. The molecular formula is C10H19NO6S2. The number of hydrogen-bond donors (Lipinski definition) is 2. The van der Waals surface area contributed by atoms with E-state index in [1.165, 1.54) is 13.8 Å². The van der Waals surface area contributed by atoms with Gasteiger partial charge in [0.15, 0.2) is 9.84 Å². The Morgan fingerprint density at radius 1 is 1.32 bits per heavy atom. The number of carboxylic acid groups (broad SMARTS) is 1. The molecular weight excluding hydrogens is 294 g/mol. The molecule has 1 amide bonds. The molecule has 112 valence electrons. The average molecular weight is 313 g/mol. The van der Waals surface area contributed by atoms with Gasteiger partial charge in [-0.3, -0.25) is 9.00 Å². The van der Waals surface area contributed by atoms with Gasteiger partial charge in [-0.05, 0) is 13.8 Å².